The van der Waals surface area contributed by atoms with Gasteiger partial charge in [-0.05, 0) is 48.1 Å². The van der Waals surface area contributed by atoms with Crippen molar-refractivity contribution in [3.8, 4) is 11.3 Å². The maximum atomic E-state index is 10.6. The number of aliphatic imine (C=N–C) groups is 1. The molecule has 7 nitrogen and oxygen atoms in total. The maximum Gasteiger partial charge on any atom is 0.0919 e. The van der Waals surface area contributed by atoms with Crippen molar-refractivity contribution in [2.24, 2.45) is 12.0 Å². The van der Waals surface area contributed by atoms with Crippen molar-refractivity contribution in [1.29, 1.82) is 0 Å². The Bertz CT molecular complexity index is 1360. The predicted molar refractivity (Wildman–Crippen MR) is 133 cm³/mol. The summed E-state index contributed by atoms with van der Waals surface area (Å²) in [7, 11) is 1.91. The van der Waals surface area contributed by atoms with Crippen molar-refractivity contribution in [1.82, 2.24) is 24.6 Å². The van der Waals surface area contributed by atoms with Gasteiger partial charge in [0.2, 0.25) is 0 Å². The minimum absolute atomic E-state index is 0.145. The molecule has 0 radical (unpaired) electrons. The van der Waals surface area contributed by atoms with Crippen LogP contribution in [0.25, 0.3) is 22.0 Å². The first-order valence-electron chi connectivity index (χ1n) is 12.0. The number of fused-ring (bicyclic) bond motifs is 3. The number of aliphatic hydroxyl groups is 1. The van der Waals surface area contributed by atoms with Crippen molar-refractivity contribution in [3.05, 3.63) is 71.9 Å². The van der Waals surface area contributed by atoms with Crippen molar-refractivity contribution in [2.45, 2.75) is 50.8 Å². The molecule has 1 aromatic carbocycles. The third-order valence-electron chi connectivity index (χ3n) is 7.10. The topological polar surface area (TPSA) is 79.4 Å². The summed E-state index contributed by atoms with van der Waals surface area (Å²) < 4.78 is 1.79. The van der Waals surface area contributed by atoms with E-state index >= 15 is 0 Å². The second kappa shape index (κ2) is 8.65. The Morgan fingerprint density at radius 3 is 2.76 bits per heavy atom. The molecule has 1 aliphatic carbocycles. The van der Waals surface area contributed by atoms with Gasteiger partial charge in [-0.1, -0.05) is 25.0 Å². The Balaban J connectivity index is 1.32. The molecule has 0 saturated heterocycles. The van der Waals surface area contributed by atoms with Crippen LogP contribution in [-0.4, -0.2) is 48.2 Å². The fraction of sp³-hybridized carbons (Fsp3) is 0.333. The third-order valence-corrected chi connectivity index (χ3v) is 7.10. The minimum Gasteiger partial charge on any atom is -0.391 e. The molecule has 1 N–H and O–H groups in total. The SMILES string of the molecule is Cn1cc(-c2ccc(Cc3cc4c(c5ccncc35)N=CN([C@H]3CCCC[C@@H]3O)C4)cn2)cn1. The smallest absolute Gasteiger partial charge is 0.0919 e. The van der Waals surface area contributed by atoms with E-state index in [1.54, 1.807) is 4.68 Å². The average Bonchev–Trinajstić information content (AvgIpc) is 3.31. The van der Waals surface area contributed by atoms with E-state index in [4.69, 9.17) is 4.99 Å². The van der Waals surface area contributed by atoms with Crippen LogP contribution in [0.2, 0.25) is 0 Å². The molecule has 4 heterocycles. The molecule has 0 unspecified atom stereocenters. The average molecular weight is 453 g/mol. The fourth-order valence-electron chi connectivity index (χ4n) is 5.33. The number of aryl methyl sites for hydroxylation is 1. The van der Waals surface area contributed by atoms with Crippen molar-refractivity contribution >= 4 is 22.8 Å². The Morgan fingerprint density at radius 2 is 1.97 bits per heavy atom. The van der Waals surface area contributed by atoms with E-state index in [0.717, 1.165) is 71.9 Å². The number of hydrogen-bond donors (Lipinski definition) is 1. The molecule has 2 aliphatic rings. The lowest BCUT2D eigenvalue weighted by Crippen LogP contribution is -2.45. The summed E-state index contributed by atoms with van der Waals surface area (Å²) >= 11 is 0. The standard InChI is InChI=1S/C27H28N6O/c1-32-15-21(13-31-32)24-7-6-18(12-29-24)10-19-11-20-16-33(25-4-2-3-5-26(25)34)17-30-27(20)22-8-9-28-14-23(19)22/h6-9,11-15,17,25-26,34H,2-5,10,16H2,1H3/t25-,26-/m0/s1. The fourth-order valence-corrected chi connectivity index (χ4v) is 5.33. The van der Waals surface area contributed by atoms with E-state index in [-0.39, 0.29) is 12.1 Å². The van der Waals surface area contributed by atoms with Crippen LogP contribution in [0, 0.1) is 0 Å². The normalized spacial score (nSPS) is 20.0. The van der Waals surface area contributed by atoms with Gasteiger partial charge in [0.1, 0.15) is 0 Å². The van der Waals surface area contributed by atoms with Gasteiger partial charge in [0.15, 0.2) is 0 Å². The molecule has 0 amide bonds. The summed E-state index contributed by atoms with van der Waals surface area (Å²) in [5.41, 5.74) is 6.53. The minimum atomic E-state index is -0.282. The molecule has 1 saturated carbocycles. The molecular weight excluding hydrogens is 424 g/mol. The Labute approximate surface area is 198 Å². The van der Waals surface area contributed by atoms with Gasteiger partial charge in [-0.25, -0.2) is 4.99 Å². The van der Waals surface area contributed by atoms with Crippen molar-refractivity contribution in [2.75, 3.05) is 0 Å². The molecule has 3 aromatic heterocycles. The first kappa shape index (κ1) is 21.0. The third kappa shape index (κ3) is 3.86. The van der Waals surface area contributed by atoms with E-state index in [0.29, 0.717) is 0 Å². The predicted octanol–water partition coefficient (Wildman–Crippen LogP) is 4.40. The van der Waals surface area contributed by atoms with Gasteiger partial charge in [0.05, 0.1) is 36.1 Å². The van der Waals surface area contributed by atoms with Crippen LogP contribution in [0.1, 0.15) is 42.4 Å². The van der Waals surface area contributed by atoms with Gasteiger partial charge in [-0.3, -0.25) is 14.6 Å². The summed E-state index contributed by atoms with van der Waals surface area (Å²) in [6.07, 6.45) is 16.1. The number of hydrogen-bond acceptors (Lipinski definition) is 6. The number of aromatic nitrogens is 4. The molecule has 34 heavy (non-hydrogen) atoms. The van der Waals surface area contributed by atoms with Crippen molar-refractivity contribution < 1.29 is 5.11 Å². The van der Waals surface area contributed by atoms with E-state index < -0.39 is 0 Å². The summed E-state index contributed by atoms with van der Waals surface area (Å²) in [6, 6.07) is 8.67. The van der Waals surface area contributed by atoms with E-state index in [1.807, 2.05) is 44.4 Å². The zero-order chi connectivity index (χ0) is 23.1. The van der Waals surface area contributed by atoms with Crippen LogP contribution >= 0.6 is 0 Å². The van der Waals surface area contributed by atoms with E-state index in [2.05, 4.69) is 44.2 Å². The van der Waals surface area contributed by atoms with Crippen LogP contribution in [0.15, 0.2) is 60.2 Å². The second-order valence-corrected chi connectivity index (χ2v) is 9.43. The summed E-state index contributed by atoms with van der Waals surface area (Å²) in [5.74, 6) is 0. The molecule has 2 atom stereocenters. The van der Waals surface area contributed by atoms with Crippen molar-refractivity contribution in [3.63, 3.8) is 0 Å². The summed E-state index contributed by atoms with van der Waals surface area (Å²) in [4.78, 5) is 16.2. The highest BCUT2D eigenvalue weighted by atomic mass is 16.3. The molecule has 4 aromatic rings. The number of benzene rings is 1. The lowest BCUT2D eigenvalue weighted by Gasteiger charge is -2.38. The quantitative estimate of drug-likeness (QED) is 0.496. The van der Waals surface area contributed by atoms with E-state index in [1.165, 1.54) is 11.1 Å². The first-order chi connectivity index (χ1) is 16.7. The molecule has 172 valence electrons. The Hall–Kier alpha value is -3.58. The van der Waals surface area contributed by atoms with Crippen LogP contribution in [0.3, 0.4) is 0 Å². The zero-order valence-corrected chi connectivity index (χ0v) is 19.3. The lowest BCUT2D eigenvalue weighted by atomic mass is 9.90. The van der Waals surface area contributed by atoms with Gasteiger partial charge >= 0.3 is 0 Å². The highest BCUT2D eigenvalue weighted by molar-refractivity contribution is 5.97. The first-order valence-corrected chi connectivity index (χ1v) is 12.0. The van der Waals surface area contributed by atoms with Crippen LogP contribution in [0.4, 0.5) is 5.69 Å². The molecule has 0 spiro atoms. The molecule has 1 aliphatic heterocycles. The number of pyridine rings is 2. The number of aliphatic hydroxyl groups excluding tert-OH is 1. The second-order valence-electron chi connectivity index (χ2n) is 9.43. The monoisotopic (exact) mass is 452 g/mol. The Morgan fingerprint density at radius 1 is 1.06 bits per heavy atom. The molecule has 6 rings (SSSR count). The van der Waals surface area contributed by atoms with Crippen LogP contribution < -0.4 is 0 Å². The maximum absolute atomic E-state index is 10.6. The van der Waals surface area contributed by atoms with Gasteiger partial charge in [0.25, 0.3) is 0 Å². The van der Waals surface area contributed by atoms with E-state index in [9.17, 15) is 5.11 Å². The number of nitrogens with zero attached hydrogens (tertiary/aromatic N) is 6. The van der Waals surface area contributed by atoms with Crippen LogP contribution in [0.5, 0.6) is 0 Å². The lowest BCUT2D eigenvalue weighted by molar-refractivity contribution is 0.0496. The molecular formula is C27H28N6O. The van der Waals surface area contributed by atoms with Crippen LogP contribution in [-0.2, 0) is 20.0 Å². The molecule has 0 bridgehead atoms. The summed E-state index contributed by atoms with van der Waals surface area (Å²) in [6.45, 7) is 0.768. The van der Waals surface area contributed by atoms with Gasteiger partial charge in [0, 0.05) is 54.7 Å². The van der Waals surface area contributed by atoms with Gasteiger partial charge in [-0.2, -0.15) is 5.10 Å². The molecule has 1 fully saturated rings. The van der Waals surface area contributed by atoms with Gasteiger partial charge < -0.3 is 10.0 Å². The largest absolute Gasteiger partial charge is 0.391 e. The zero-order valence-electron chi connectivity index (χ0n) is 19.3. The summed E-state index contributed by atoms with van der Waals surface area (Å²) in [5, 5.41) is 17.1. The highest BCUT2D eigenvalue weighted by Crippen LogP contribution is 2.37. The Kier molecular flexibility index (Phi) is 5.34. The highest BCUT2D eigenvalue weighted by Gasteiger charge is 2.29. The van der Waals surface area contributed by atoms with Gasteiger partial charge in [-0.15, -0.1) is 0 Å². The molecule has 7 heteroatoms. The number of rotatable bonds is 4.